The Hall–Kier alpha value is -3.23. The Labute approximate surface area is 266 Å². The quantitative estimate of drug-likeness (QED) is 0.229. The Morgan fingerprint density at radius 2 is 1.73 bits per heavy atom. The van der Waals surface area contributed by atoms with Gasteiger partial charge in [-0.2, -0.15) is 5.11 Å². The van der Waals surface area contributed by atoms with Crippen LogP contribution in [0.4, 0.5) is 0 Å². The largest absolute Gasteiger partial charge is 0.463 e. The first-order valence-corrected chi connectivity index (χ1v) is 17.4. The summed E-state index contributed by atoms with van der Waals surface area (Å²) in [5, 5.41) is 11.0. The molecule has 0 spiro atoms. The molecule has 13 nitrogen and oxygen atoms in total. The van der Waals surface area contributed by atoms with Crippen LogP contribution in [0.15, 0.2) is 40.6 Å². The van der Waals surface area contributed by atoms with Crippen LogP contribution in [0.5, 0.6) is 0 Å². The van der Waals surface area contributed by atoms with Gasteiger partial charge in [-0.3, -0.25) is 24.1 Å². The van der Waals surface area contributed by atoms with Crippen molar-refractivity contribution < 1.29 is 32.3 Å². The molecule has 0 bridgehead atoms. The molecule has 0 aromatic heterocycles. The van der Waals surface area contributed by atoms with Crippen LogP contribution in [0.1, 0.15) is 65.4 Å². The minimum Gasteiger partial charge on any atom is -0.463 e. The molecule has 3 atom stereocenters. The molecule has 14 heteroatoms. The zero-order valence-electron chi connectivity index (χ0n) is 27.0. The molecular formula is C31H48N6O7S. The van der Waals surface area contributed by atoms with E-state index in [0.29, 0.717) is 39.0 Å². The maximum absolute atomic E-state index is 13.5. The summed E-state index contributed by atoms with van der Waals surface area (Å²) in [5.41, 5.74) is 0.0113. The summed E-state index contributed by atoms with van der Waals surface area (Å²) >= 11 is 0. The molecule has 2 aliphatic heterocycles. The third-order valence-electron chi connectivity index (χ3n) is 8.22. The Morgan fingerprint density at radius 1 is 1.07 bits per heavy atom. The number of ether oxygens (including phenoxy) is 1. The predicted molar refractivity (Wildman–Crippen MR) is 168 cm³/mol. The topological polar surface area (TPSA) is 167 Å². The number of hydrogen-bond acceptors (Lipinski definition) is 9. The number of benzene rings is 1. The monoisotopic (exact) mass is 648 g/mol. The lowest BCUT2D eigenvalue weighted by atomic mass is 9.86. The van der Waals surface area contributed by atoms with Crippen LogP contribution in [0.25, 0.3) is 0 Å². The van der Waals surface area contributed by atoms with E-state index >= 15 is 0 Å². The van der Waals surface area contributed by atoms with Gasteiger partial charge in [-0.1, -0.05) is 44.2 Å². The van der Waals surface area contributed by atoms with E-state index in [1.807, 2.05) is 30.3 Å². The highest BCUT2D eigenvalue weighted by Crippen LogP contribution is 2.26. The predicted octanol–water partition coefficient (Wildman–Crippen LogP) is 2.27. The van der Waals surface area contributed by atoms with Gasteiger partial charge in [0.05, 0.1) is 17.8 Å². The highest BCUT2D eigenvalue weighted by atomic mass is 32.2. The van der Waals surface area contributed by atoms with Crippen LogP contribution in [0.3, 0.4) is 0 Å². The summed E-state index contributed by atoms with van der Waals surface area (Å²) in [6, 6.07) is 7.55. The van der Waals surface area contributed by atoms with E-state index in [9.17, 15) is 27.6 Å². The van der Waals surface area contributed by atoms with Crippen molar-refractivity contribution in [2.75, 3.05) is 39.1 Å². The van der Waals surface area contributed by atoms with Gasteiger partial charge in [-0.15, -0.1) is 5.11 Å². The lowest BCUT2D eigenvalue weighted by Gasteiger charge is -2.32. The van der Waals surface area contributed by atoms with E-state index in [1.54, 1.807) is 20.8 Å². The fourth-order valence-corrected chi connectivity index (χ4v) is 6.64. The molecule has 2 heterocycles. The number of rotatable bonds is 14. The van der Waals surface area contributed by atoms with E-state index in [-0.39, 0.29) is 24.2 Å². The van der Waals surface area contributed by atoms with Gasteiger partial charge < -0.3 is 15.0 Å². The number of sulfonamides is 1. The minimum absolute atomic E-state index is 0.191. The average molecular weight is 649 g/mol. The summed E-state index contributed by atoms with van der Waals surface area (Å²) in [6.07, 6.45) is 4.02. The van der Waals surface area contributed by atoms with E-state index in [2.05, 4.69) is 25.2 Å². The minimum atomic E-state index is -3.66. The number of hydrogen-bond donors (Lipinski definition) is 2. The Morgan fingerprint density at radius 3 is 2.36 bits per heavy atom. The third-order valence-corrected chi connectivity index (χ3v) is 8.93. The summed E-state index contributed by atoms with van der Waals surface area (Å²) in [4.78, 5) is 54.0. The average Bonchev–Trinajstić information content (AvgIpc) is 3.45. The maximum Gasteiger partial charge on any atom is 0.302 e. The molecule has 0 saturated carbocycles. The van der Waals surface area contributed by atoms with Crippen molar-refractivity contribution in [3.05, 3.63) is 35.9 Å². The van der Waals surface area contributed by atoms with Crippen LogP contribution in [0.2, 0.25) is 0 Å². The maximum atomic E-state index is 13.5. The third kappa shape index (κ3) is 11.9. The second kappa shape index (κ2) is 16.4. The Kier molecular flexibility index (Phi) is 13.2. The highest BCUT2D eigenvalue weighted by molar-refractivity contribution is 7.88. The molecule has 2 aliphatic rings. The van der Waals surface area contributed by atoms with Gasteiger partial charge in [0.25, 0.3) is 5.91 Å². The lowest BCUT2D eigenvalue weighted by molar-refractivity contribution is -0.148. The Bertz CT molecular complexity index is 1310. The van der Waals surface area contributed by atoms with Crippen molar-refractivity contribution in [1.82, 2.24) is 19.8 Å². The Balaban J connectivity index is 1.45. The van der Waals surface area contributed by atoms with Crippen molar-refractivity contribution in [1.29, 1.82) is 0 Å². The summed E-state index contributed by atoms with van der Waals surface area (Å²) in [6.45, 7) is 9.24. The summed E-state index contributed by atoms with van der Waals surface area (Å²) in [5.74, 6) is -1.12. The standard InChI is InChI=1S/C31H48N6O7S/c1-22(44-23(2)38)19-31(3,4)30(41)34-33-21-36-16-13-25(14-17-36)20-32-28(39)27-12-9-15-37(27)29(40)26(35-45(5,42)43)18-24-10-7-6-8-11-24/h6-8,10-11,22,25-27,35H,9,12-21H2,1-5H3,(H,32,39)/t22?,26-,27+/m1/s1. The molecule has 0 radical (unpaired) electrons. The van der Waals surface area contributed by atoms with Gasteiger partial charge in [0.1, 0.15) is 18.8 Å². The molecule has 2 saturated heterocycles. The fourth-order valence-electron chi connectivity index (χ4n) is 5.94. The number of esters is 1. The van der Waals surface area contributed by atoms with Gasteiger partial charge >= 0.3 is 5.97 Å². The molecule has 250 valence electrons. The van der Waals surface area contributed by atoms with Crippen LogP contribution >= 0.6 is 0 Å². The smallest absolute Gasteiger partial charge is 0.302 e. The van der Waals surface area contributed by atoms with E-state index in [1.165, 1.54) is 11.8 Å². The zero-order valence-corrected chi connectivity index (χ0v) is 27.8. The number of nitrogens with one attached hydrogen (secondary N) is 2. The fraction of sp³-hybridized carbons (Fsp3) is 0.677. The van der Waals surface area contributed by atoms with E-state index < -0.39 is 45.5 Å². The normalized spacial score (nSPS) is 19.8. The molecule has 3 rings (SSSR count). The summed E-state index contributed by atoms with van der Waals surface area (Å²) in [7, 11) is -3.66. The van der Waals surface area contributed by atoms with Gasteiger partial charge in [0.2, 0.25) is 21.8 Å². The number of nitrogens with zero attached hydrogens (tertiary/aromatic N) is 4. The molecular weight excluding hydrogens is 600 g/mol. The molecule has 2 N–H and O–H groups in total. The first-order valence-electron chi connectivity index (χ1n) is 15.6. The zero-order chi connectivity index (χ0) is 33.2. The van der Waals surface area contributed by atoms with Gasteiger partial charge in [0.15, 0.2) is 0 Å². The van der Waals surface area contributed by atoms with Crippen molar-refractivity contribution >= 4 is 33.7 Å². The van der Waals surface area contributed by atoms with Gasteiger partial charge in [-0.05, 0) is 56.9 Å². The molecule has 45 heavy (non-hydrogen) atoms. The van der Waals surface area contributed by atoms with E-state index in [4.69, 9.17) is 4.74 Å². The van der Waals surface area contributed by atoms with Crippen molar-refractivity contribution in [2.45, 2.75) is 84.4 Å². The molecule has 3 amide bonds. The lowest BCUT2D eigenvalue weighted by Crippen LogP contribution is -2.54. The van der Waals surface area contributed by atoms with Crippen LogP contribution in [-0.4, -0.2) is 99.2 Å². The van der Waals surface area contributed by atoms with Gasteiger partial charge in [0, 0.05) is 33.1 Å². The van der Waals surface area contributed by atoms with Crippen molar-refractivity contribution in [2.24, 2.45) is 21.6 Å². The van der Waals surface area contributed by atoms with Crippen LogP contribution in [0, 0.1) is 11.3 Å². The second-order valence-electron chi connectivity index (χ2n) is 12.8. The number of carbonyl (C=O) groups is 4. The van der Waals surface area contributed by atoms with Crippen LogP contribution < -0.4 is 10.0 Å². The summed E-state index contributed by atoms with van der Waals surface area (Å²) < 4.78 is 31.7. The SMILES string of the molecule is CC(=O)OC(C)CC(C)(C)C(=O)N=NCN1CCC(CNC(=O)[C@@H]2CCCN2C(=O)[C@@H](Cc2ccccc2)NS(C)(=O)=O)CC1. The van der Waals surface area contributed by atoms with Crippen molar-refractivity contribution in [3.8, 4) is 0 Å². The second-order valence-corrected chi connectivity index (χ2v) is 14.6. The van der Waals surface area contributed by atoms with Crippen molar-refractivity contribution in [3.63, 3.8) is 0 Å². The molecule has 1 unspecified atom stereocenters. The number of azo groups is 1. The number of likely N-dealkylation sites (tertiary alicyclic amines) is 2. The molecule has 2 fully saturated rings. The molecule has 1 aromatic carbocycles. The molecule has 1 aromatic rings. The first kappa shape index (κ1) is 36.2. The number of carbonyl (C=O) groups excluding carboxylic acids is 4. The number of amides is 3. The van der Waals surface area contributed by atoms with E-state index in [0.717, 1.165) is 37.8 Å². The molecule has 0 aliphatic carbocycles. The van der Waals surface area contributed by atoms with Crippen LogP contribution in [-0.2, 0) is 40.4 Å². The first-order chi connectivity index (χ1) is 21.1. The van der Waals surface area contributed by atoms with Gasteiger partial charge in [-0.25, -0.2) is 13.1 Å². The highest BCUT2D eigenvalue weighted by Gasteiger charge is 2.38. The number of piperidine rings is 1.